The van der Waals surface area contributed by atoms with Crippen LogP contribution in [0.25, 0.3) is 0 Å². The first-order valence-corrected chi connectivity index (χ1v) is 5.86. The van der Waals surface area contributed by atoms with Crippen LogP contribution >= 0.6 is 0 Å². The third-order valence-electron chi connectivity index (χ3n) is 3.12. The molecule has 0 fully saturated rings. The summed E-state index contributed by atoms with van der Waals surface area (Å²) in [6, 6.07) is 0. The van der Waals surface area contributed by atoms with Crippen LogP contribution in [0.5, 0.6) is 0 Å². The standard InChI is InChI=1S/C12H25NO2/c1-5-6-7-8-9-12(15-4,10(2)3)11(13)14/h10H,5-9H2,1-4H3,(H2,13,14). The Balaban J connectivity index is 4.30. The Kier molecular flexibility index (Phi) is 6.57. The highest BCUT2D eigenvalue weighted by molar-refractivity contribution is 5.83. The summed E-state index contributed by atoms with van der Waals surface area (Å²) in [6.45, 7) is 6.13. The van der Waals surface area contributed by atoms with Crippen molar-refractivity contribution in [2.24, 2.45) is 11.7 Å². The lowest BCUT2D eigenvalue weighted by atomic mass is 9.84. The predicted molar refractivity (Wildman–Crippen MR) is 62.5 cm³/mol. The van der Waals surface area contributed by atoms with Gasteiger partial charge in [-0.05, 0) is 12.3 Å². The summed E-state index contributed by atoms with van der Waals surface area (Å²) in [5.41, 5.74) is 4.66. The Morgan fingerprint density at radius 2 is 1.93 bits per heavy atom. The van der Waals surface area contributed by atoms with Crippen LogP contribution in [-0.2, 0) is 9.53 Å². The second kappa shape index (κ2) is 6.83. The summed E-state index contributed by atoms with van der Waals surface area (Å²) < 4.78 is 5.37. The Bertz CT molecular complexity index is 192. The zero-order valence-corrected chi connectivity index (χ0v) is 10.5. The van der Waals surface area contributed by atoms with Gasteiger partial charge in [-0.2, -0.15) is 0 Å². The summed E-state index contributed by atoms with van der Waals surface area (Å²) in [4.78, 5) is 11.5. The average Bonchev–Trinajstić information content (AvgIpc) is 2.17. The van der Waals surface area contributed by atoms with Gasteiger partial charge in [0, 0.05) is 7.11 Å². The van der Waals surface area contributed by atoms with Crippen LogP contribution in [-0.4, -0.2) is 18.6 Å². The number of nitrogens with two attached hydrogens (primary N) is 1. The van der Waals surface area contributed by atoms with E-state index in [0.29, 0.717) is 0 Å². The van der Waals surface area contributed by atoms with Gasteiger partial charge >= 0.3 is 0 Å². The summed E-state index contributed by atoms with van der Waals surface area (Å²) in [5.74, 6) is -0.210. The number of unbranched alkanes of at least 4 members (excludes halogenated alkanes) is 3. The molecule has 1 atom stereocenters. The van der Waals surface area contributed by atoms with Gasteiger partial charge in [-0.15, -0.1) is 0 Å². The SMILES string of the molecule is CCCCCCC(OC)(C(N)=O)C(C)C. The van der Waals surface area contributed by atoms with Gasteiger partial charge < -0.3 is 10.5 Å². The van der Waals surface area contributed by atoms with E-state index in [4.69, 9.17) is 10.5 Å². The molecule has 0 aliphatic carbocycles. The summed E-state index contributed by atoms with van der Waals surface area (Å²) >= 11 is 0. The summed E-state index contributed by atoms with van der Waals surface area (Å²) in [5, 5.41) is 0. The minimum atomic E-state index is -0.770. The fraction of sp³-hybridized carbons (Fsp3) is 0.917. The predicted octanol–water partition coefficient (Wildman–Crippen LogP) is 2.48. The highest BCUT2D eigenvalue weighted by atomic mass is 16.5. The number of hydrogen-bond acceptors (Lipinski definition) is 2. The van der Waals surface area contributed by atoms with E-state index in [0.717, 1.165) is 19.3 Å². The highest BCUT2D eigenvalue weighted by Gasteiger charge is 2.39. The van der Waals surface area contributed by atoms with Crippen molar-refractivity contribution < 1.29 is 9.53 Å². The first kappa shape index (κ1) is 14.4. The van der Waals surface area contributed by atoms with Crippen molar-refractivity contribution in [3.63, 3.8) is 0 Å². The first-order valence-electron chi connectivity index (χ1n) is 5.86. The van der Waals surface area contributed by atoms with Crippen molar-refractivity contribution in [2.75, 3.05) is 7.11 Å². The number of hydrogen-bond donors (Lipinski definition) is 1. The van der Waals surface area contributed by atoms with Crippen molar-refractivity contribution in [3.8, 4) is 0 Å². The lowest BCUT2D eigenvalue weighted by Crippen LogP contribution is -2.49. The van der Waals surface area contributed by atoms with Crippen LogP contribution < -0.4 is 5.73 Å². The molecule has 0 radical (unpaired) electrons. The van der Waals surface area contributed by atoms with Crippen LogP contribution in [0.1, 0.15) is 52.9 Å². The molecular weight excluding hydrogens is 190 g/mol. The maximum atomic E-state index is 11.5. The van der Waals surface area contributed by atoms with E-state index in [2.05, 4.69) is 6.92 Å². The molecule has 3 heteroatoms. The number of carbonyl (C=O) groups excluding carboxylic acids is 1. The normalized spacial score (nSPS) is 15.3. The van der Waals surface area contributed by atoms with Gasteiger partial charge in [-0.25, -0.2) is 0 Å². The lowest BCUT2D eigenvalue weighted by Gasteiger charge is -2.33. The highest BCUT2D eigenvalue weighted by Crippen LogP contribution is 2.27. The Morgan fingerprint density at radius 3 is 2.27 bits per heavy atom. The molecule has 1 unspecified atom stereocenters. The topological polar surface area (TPSA) is 52.3 Å². The molecule has 0 aromatic heterocycles. The van der Waals surface area contributed by atoms with E-state index in [1.54, 1.807) is 7.11 Å². The van der Waals surface area contributed by atoms with E-state index in [1.807, 2.05) is 13.8 Å². The van der Waals surface area contributed by atoms with Crippen molar-refractivity contribution in [1.29, 1.82) is 0 Å². The van der Waals surface area contributed by atoms with Gasteiger partial charge in [0.2, 0.25) is 5.91 Å². The molecule has 0 saturated carbocycles. The Morgan fingerprint density at radius 1 is 1.33 bits per heavy atom. The minimum Gasteiger partial charge on any atom is -0.368 e. The molecule has 15 heavy (non-hydrogen) atoms. The number of carbonyl (C=O) groups is 1. The van der Waals surface area contributed by atoms with E-state index in [9.17, 15) is 4.79 Å². The van der Waals surface area contributed by atoms with Crippen LogP contribution in [0, 0.1) is 5.92 Å². The quantitative estimate of drug-likeness (QED) is 0.632. The Labute approximate surface area is 93.4 Å². The molecule has 0 aromatic carbocycles. The molecule has 0 rings (SSSR count). The molecular formula is C12H25NO2. The van der Waals surface area contributed by atoms with Gasteiger partial charge in [-0.3, -0.25) is 4.79 Å². The van der Waals surface area contributed by atoms with E-state index in [-0.39, 0.29) is 11.8 Å². The van der Waals surface area contributed by atoms with Gasteiger partial charge in [0.1, 0.15) is 5.60 Å². The first-order chi connectivity index (χ1) is 7.01. The fourth-order valence-corrected chi connectivity index (χ4v) is 1.95. The molecule has 90 valence electrons. The maximum absolute atomic E-state index is 11.5. The molecule has 3 nitrogen and oxygen atoms in total. The van der Waals surface area contributed by atoms with E-state index >= 15 is 0 Å². The van der Waals surface area contributed by atoms with Gasteiger partial charge in [-0.1, -0.05) is 46.5 Å². The van der Waals surface area contributed by atoms with Crippen LogP contribution in [0.4, 0.5) is 0 Å². The van der Waals surface area contributed by atoms with Gasteiger partial charge in [0.25, 0.3) is 0 Å². The maximum Gasteiger partial charge on any atom is 0.249 e. The third kappa shape index (κ3) is 3.82. The van der Waals surface area contributed by atoms with Crippen LogP contribution in [0.3, 0.4) is 0 Å². The average molecular weight is 215 g/mol. The molecule has 0 spiro atoms. The number of primary amides is 1. The van der Waals surface area contributed by atoms with Crippen molar-refractivity contribution in [2.45, 2.75) is 58.5 Å². The zero-order valence-electron chi connectivity index (χ0n) is 10.5. The van der Waals surface area contributed by atoms with Crippen molar-refractivity contribution in [3.05, 3.63) is 0 Å². The minimum absolute atomic E-state index is 0.127. The fourth-order valence-electron chi connectivity index (χ4n) is 1.95. The molecule has 0 heterocycles. The second-order valence-corrected chi connectivity index (χ2v) is 4.42. The molecule has 2 N–H and O–H groups in total. The molecule has 0 aliphatic rings. The molecule has 0 bridgehead atoms. The molecule has 0 aliphatic heterocycles. The number of methoxy groups -OCH3 is 1. The van der Waals surface area contributed by atoms with Gasteiger partial charge in [0.15, 0.2) is 0 Å². The Hall–Kier alpha value is -0.570. The smallest absolute Gasteiger partial charge is 0.249 e. The summed E-state index contributed by atoms with van der Waals surface area (Å²) in [7, 11) is 1.57. The summed E-state index contributed by atoms with van der Waals surface area (Å²) in [6.07, 6.45) is 5.27. The molecule has 0 aromatic rings. The van der Waals surface area contributed by atoms with Crippen molar-refractivity contribution in [1.82, 2.24) is 0 Å². The zero-order chi connectivity index (χ0) is 11.9. The lowest BCUT2D eigenvalue weighted by molar-refractivity contribution is -0.147. The van der Waals surface area contributed by atoms with Gasteiger partial charge in [0.05, 0.1) is 0 Å². The van der Waals surface area contributed by atoms with E-state index in [1.165, 1.54) is 12.8 Å². The molecule has 1 amide bonds. The van der Waals surface area contributed by atoms with Crippen LogP contribution in [0.15, 0.2) is 0 Å². The third-order valence-corrected chi connectivity index (χ3v) is 3.12. The largest absolute Gasteiger partial charge is 0.368 e. The monoisotopic (exact) mass is 215 g/mol. The number of rotatable bonds is 8. The van der Waals surface area contributed by atoms with Crippen LogP contribution in [0.2, 0.25) is 0 Å². The second-order valence-electron chi connectivity index (χ2n) is 4.42. The van der Waals surface area contributed by atoms with Crippen molar-refractivity contribution >= 4 is 5.91 Å². The number of ether oxygens (including phenoxy) is 1. The molecule has 0 saturated heterocycles. The number of amides is 1. The van der Waals surface area contributed by atoms with E-state index < -0.39 is 5.60 Å².